The van der Waals surface area contributed by atoms with Crippen LogP contribution < -0.4 is 5.32 Å². The zero-order chi connectivity index (χ0) is 15.5. The van der Waals surface area contributed by atoms with E-state index in [1.807, 2.05) is 12.1 Å². The second-order valence-corrected chi connectivity index (χ2v) is 7.24. The third kappa shape index (κ3) is 4.81. The summed E-state index contributed by atoms with van der Waals surface area (Å²) in [6, 6.07) is 7.48. The maximum Gasteiger partial charge on any atom is 0.269 e. The van der Waals surface area contributed by atoms with Gasteiger partial charge in [0.2, 0.25) is 0 Å². The molecule has 21 heavy (non-hydrogen) atoms. The van der Waals surface area contributed by atoms with Crippen LogP contribution >= 0.6 is 0 Å². The molecule has 0 aromatic heterocycles. The lowest BCUT2D eigenvalue weighted by Gasteiger charge is -2.39. The van der Waals surface area contributed by atoms with Gasteiger partial charge in [-0.15, -0.1) is 0 Å². The van der Waals surface area contributed by atoms with Crippen LogP contribution in [0.1, 0.15) is 45.6 Å². The normalized spacial score (nSPS) is 24.7. The first-order chi connectivity index (χ1) is 9.85. The number of benzene rings is 1. The molecule has 4 heteroatoms. The minimum absolute atomic E-state index is 0.162. The molecule has 1 N–H and O–H groups in total. The molecule has 0 saturated heterocycles. The van der Waals surface area contributed by atoms with Crippen molar-refractivity contribution in [1.29, 1.82) is 0 Å². The van der Waals surface area contributed by atoms with Crippen LogP contribution in [-0.4, -0.2) is 17.5 Å². The van der Waals surface area contributed by atoms with Gasteiger partial charge >= 0.3 is 0 Å². The fraction of sp³-hybridized carbons (Fsp3) is 0.647. The first-order valence-corrected chi connectivity index (χ1v) is 7.82. The van der Waals surface area contributed by atoms with Crippen LogP contribution in [0.15, 0.2) is 24.3 Å². The average molecular weight is 290 g/mol. The minimum Gasteiger partial charge on any atom is -0.314 e. The Balaban J connectivity index is 1.80. The van der Waals surface area contributed by atoms with Crippen molar-refractivity contribution in [2.45, 2.75) is 52.5 Å². The highest BCUT2D eigenvalue weighted by molar-refractivity contribution is 5.32. The minimum atomic E-state index is -0.354. The molecule has 0 heterocycles. The molecule has 1 aliphatic carbocycles. The largest absolute Gasteiger partial charge is 0.314 e. The highest BCUT2D eigenvalue weighted by Crippen LogP contribution is 2.38. The number of hydrogen-bond donors (Lipinski definition) is 1. The molecule has 0 aliphatic heterocycles. The molecule has 1 fully saturated rings. The van der Waals surface area contributed by atoms with Gasteiger partial charge in [-0.1, -0.05) is 32.9 Å². The summed E-state index contributed by atoms with van der Waals surface area (Å²) in [7, 11) is 0. The fourth-order valence-corrected chi connectivity index (χ4v) is 3.71. The lowest BCUT2D eigenvalue weighted by Crippen LogP contribution is -2.40. The van der Waals surface area contributed by atoms with E-state index < -0.39 is 0 Å². The van der Waals surface area contributed by atoms with Crippen molar-refractivity contribution in [2.24, 2.45) is 11.3 Å². The van der Waals surface area contributed by atoms with E-state index in [1.54, 1.807) is 12.1 Å². The van der Waals surface area contributed by atoms with Gasteiger partial charge < -0.3 is 5.32 Å². The fourth-order valence-electron chi connectivity index (χ4n) is 3.71. The number of non-ortho nitro benzene ring substituents is 1. The Morgan fingerprint density at radius 2 is 1.95 bits per heavy atom. The summed E-state index contributed by atoms with van der Waals surface area (Å²) in [6.07, 6.45) is 4.72. The van der Waals surface area contributed by atoms with Crippen LogP contribution in [0.5, 0.6) is 0 Å². The predicted molar refractivity (Wildman–Crippen MR) is 85.4 cm³/mol. The van der Waals surface area contributed by atoms with E-state index in [9.17, 15) is 10.1 Å². The lowest BCUT2D eigenvalue weighted by molar-refractivity contribution is -0.384. The Labute approximate surface area is 127 Å². The van der Waals surface area contributed by atoms with Gasteiger partial charge in [-0.3, -0.25) is 10.1 Å². The van der Waals surface area contributed by atoms with Crippen molar-refractivity contribution in [2.75, 3.05) is 6.54 Å². The van der Waals surface area contributed by atoms with Crippen LogP contribution in [-0.2, 0) is 6.42 Å². The average Bonchev–Trinajstić information content (AvgIpc) is 2.37. The molecule has 0 bridgehead atoms. The molecular weight excluding hydrogens is 264 g/mol. The van der Waals surface area contributed by atoms with E-state index in [0.717, 1.165) is 24.4 Å². The van der Waals surface area contributed by atoms with Crippen molar-refractivity contribution in [1.82, 2.24) is 5.32 Å². The molecule has 1 aromatic carbocycles. The molecule has 0 spiro atoms. The zero-order valence-electron chi connectivity index (χ0n) is 13.3. The zero-order valence-corrected chi connectivity index (χ0v) is 13.3. The van der Waals surface area contributed by atoms with Gasteiger partial charge in [-0.05, 0) is 49.1 Å². The third-order valence-corrected chi connectivity index (χ3v) is 4.38. The van der Waals surface area contributed by atoms with Crippen LogP contribution in [0, 0.1) is 21.4 Å². The monoisotopic (exact) mass is 290 g/mol. The van der Waals surface area contributed by atoms with E-state index in [1.165, 1.54) is 19.3 Å². The maximum atomic E-state index is 10.6. The van der Waals surface area contributed by atoms with Crippen LogP contribution in [0.25, 0.3) is 0 Å². The number of nitrogens with zero attached hydrogens (tertiary/aromatic N) is 1. The summed E-state index contributed by atoms with van der Waals surface area (Å²) < 4.78 is 0. The highest BCUT2D eigenvalue weighted by atomic mass is 16.6. The van der Waals surface area contributed by atoms with Gasteiger partial charge in [0, 0.05) is 18.2 Å². The number of nitro benzene ring substituents is 1. The Bertz CT molecular complexity index is 482. The van der Waals surface area contributed by atoms with E-state index in [0.29, 0.717) is 11.5 Å². The first kappa shape index (κ1) is 16.0. The van der Waals surface area contributed by atoms with Crippen LogP contribution in [0.3, 0.4) is 0 Å². The number of rotatable bonds is 5. The quantitative estimate of drug-likeness (QED) is 0.660. The molecule has 4 nitrogen and oxygen atoms in total. The Morgan fingerprint density at radius 3 is 2.52 bits per heavy atom. The SMILES string of the molecule is CC1CC(NCCc2ccc([N+](=O)[O-])cc2)CC(C)(C)C1. The molecule has 2 unspecified atom stereocenters. The van der Waals surface area contributed by atoms with E-state index >= 15 is 0 Å². The van der Waals surface area contributed by atoms with Gasteiger partial charge in [-0.2, -0.15) is 0 Å². The van der Waals surface area contributed by atoms with Gasteiger partial charge in [0.25, 0.3) is 5.69 Å². The Hall–Kier alpha value is -1.42. The Morgan fingerprint density at radius 1 is 1.29 bits per heavy atom. The highest BCUT2D eigenvalue weighted by Gasteiger charge is 2.31. The van der Waals surface area contributed by atoms with Gasteiger partial charge in [0.15, 0.2) is 0 Å². The summed E-state index contributed by atoms with van der Waals surface area (Å²) in [5, 5.41) is 14.3. The molecule has 1 saturated carbocycles. The summed E-state index contributed by atoms with van der Waals surface area (Å²) >= 11 is 0. The van der Waals surface area contributed by atoms with Crippen molar-refractivity contribution in [3.63, 3.8) is 0 Å². The second kappa shape index (κ2) is 6.56. The summed E-state index contributed by atoms with van der Waals surface area (Å²) in [4.78, 5) is 10.3. The number of nitro groups is 1. The second-order valence-electron chi connectivity index (χ2n) is 7.24. The van der Waals surface area contributed by atoms with Gasteiger partial charge in [-0.25, -0.2) is 0 Å². The van der Waals surface area contributed by atoms with E-state index in [4.69, 9.17) is 0 Å². The first-order valence-electron chi connectivity index (χ1n) is 7.82. The maximum absolute atomic E-state index is 10.6. The number of nitrogens with one attached hydrogen (secondary N) is 1. The van der Waals surface area contributed by atoms with Crippen molar-refractivity contribution in [3.05, 3.63) is 39.9 Å². The molecule has 1 aromatic rings. The molecule has 116 valence electrons. The standard InChI is InChI=1S/C17H26N2O2/c1-13-10-15(12-17(2,3)11-13)18-9-8-14-4-6-16(7-5-14)19(20)21/h4-7,13,15,18H,8-12H2,1-3H3. The summed E-state index contributed by atoms with van der Waals surface area (Å²) in [5.41, 5.74) is 1.74. The number of hydrogen-bond acceptors (Lipinski definition) is 3. The molecule has 0 amide bonds. The lowest BCUT2D eigenvalue weighted by atomic mass is 9.70. The van der Waals surface area contributed by atoms with Crippen molar-refractivity contribution < 1.29 is 4.92 Å². The Kier molecular flexibility index (Phi) is 4.99. The molecule has 2 atom stereocenters. The summed E-state index contributed by atoms with van der Waals surface area (Å²) in [5.74, 6) is 0.783. The third-order valence-electron chi connectivity index (χ3n) is 4.38. The summed E-state index contributed by atoms with van der Waals surface area (Å²) in [6.45, 7) is 7.98. The molecule has 0 radical (unpaired) electrons. The van der Waals surface area contributed by atoms with Crippen molar-refractivity contribution in [3.8, 4) is 0 Å². The van der Waals surface area contributed by atoms with Crippen LogP contribution in [0.4, 0.5) is 5.69 Å². The predicted octanol–water partition coefficient (Wildman–Crippen LogP) is 3.94. The smallest absolute Gasteiger partial charge is 0.269 e. The van der Waals surface area contributed by atoms with Gasteiger partial charge in [0.05, 0.1) is 4.92 Å². The molecule has 2 rings (SSSR count). The topological polar surface area (TPSA) is 55.2 Å². The van der Waals surface area contributed by atoms with Crippen LogP contribution in [0.2, 0.25) is 0 Å². The van der Waals surface area contributed by atoms with E-state index in [2.05, 4.69) is 26.1 Å². The van der Waals surface area contributed by atoms with Crippen molar-refractivity contribution >= 4 is 5.69 Å². The van der Waals surface area contributed by atoms with Gasteiger partial charge in [0.1, 0.15) is 0 Å². The molecule has 1 aliphatic rings. The molecular formula is C17H26N2O2. The van der Waals surface area contributed by atoms with E-state index in [-0.39, 0.29) is 10.6 Å².